The molecule has 108 valence electrons. The lowest BCUT2D eigenvalue weighted by atomic mass is 10.4. The van der Waals surface area contributed by atoms with Crippen LogP contribution in [0.1, 0.15) is 27.2 Å². The molecule has 0 spiro atoms. The van der Waals surface area contributed by atoms with Crippen LogP contribution in [0.15, 0.2) is 0 Å². The molecule has 2 N–H and O–H groups in total. The number of rotatable bonds is 10. The van der Waals surface area contributed by atoms with Crippen molar-refractivity contribution in [1.29, 1.82) is 0 Å². The van der Waals surface area contributed by atoms with Gasteiger partial charge in [-0.1, -0.05) is 0 Å². The summed E-state index contributed by atoms with van der Waals surface area (Å²) in [6, 6.07) is 0.334. The van der Waals surface area contributed by atoms with Crippen LogP contribution in [0, 0.1) is 0 Å². The molecule has 0 atom stereocenters. The fraction of sp³-hybridized carbons (Fsp3) is 0.750. The highest BCUT2D eigenvalue weighted by Crippen LogP contribution is 2.10. The highest BCUT2D eigenvalue weighted by atomic mass is 16.5. The van der Waals surface area contributed by atoms with Gasteiger partial charge in [-0.15, -0.1) is 0 Å². The van der Waals surface area contributed by atoms with Gasteiger partial charge < -0.3 is 20.1 Å². The van der Waals surface area contributed by atoms with Crippen molar-refractivity contribution in [2.45, 2.75) is 27.2 Å². The molecule has 0 aromatic carbocycles. The number of nitrogens with one attached hydrogen (secondary N) is 2. The van der Waals surface area contributed by atoms with Crippen molar-refractivity contribution in [3.8, 4) is 6.01 Å². The van der Waals surface area contributed by atoms with Gasteiger partial charge in [0.25, 0.3) is 0 Å². The minimum absolute atomic E-state index is 0.334. The maximum absolute atomic E-state index is 5.31. The molecule has 0 bridgehead atoms. The van der Waals surface area contributed by atoms with E-state index in [2.05, 4.69) is 25.6 Å². The highest BCUT2D eigenvalue weighted by molar-refractivity contribution is 5.35. The van der Waals surface area contributed by atoms with Gasteiger partial charge in [0.1, 0.15) is 0 Å². The maximum Gasteiger partial charge on any atom is 0.323 e. The van der Waals surface area contributed by atoms with E-state index in [1.54, 1.807) is 0 Å². The Morgan fingerprint density at radius 2 is 1.68 bits per heavy atom. The summed E-state index contributed by atoms with van der Waals surface area (Å²) in [5.41, 5.74) is 0. The summed E-state index contributed by atoms with van der Waals surface area (Å²) >= 11 is 0. The van der Waals surface area contributed by atoms with Crippen molar-refractivity contribution in [3.05, 3.63) is 0 Å². The minimum Gasteiger partial charge on any atom is -0.464 e. The van der Waals surface area contributed by atoms with Crippen molar-refractivity contribution < 1.29 is 9.47 Å². The Morgan fingerprint density at radius 1 is 0.947 bits per heavy atom. The van der Waals surface area contributed by atoms with Gasteiger partial charge in [-0.3, -0.25) is 0 Å². The zero-order valence-electron chi connectivity index (χ0n) is 11.9. The molecule has 0 saturated carbocycles. The number of aromatic nitrogens is 3. The van der Waals surface area contributed by atoms with Crippen LogP contribution in [0.4, 0.5) is 11.9 Å². The predicted octanol–water partition coefficient (Wildman–Crippen LogP) is 1.54. The number of hydrogen-bond donors (Lipinski definition) is 2. The molecule has 0 aliphatic heterocycles. The van der Waals surface area contributed by atoms with Crippen molar-refractivity contribution in [3.63, 3.8) is 0 Å². The van der Waals surface area contributed by atoms with E-state index < -0.39 is 0 Å². The van der Waals surface area contributed by atoms with Gasteiger partial charge >= 0.3 is 6.01 Å². The topological polar surface area (TPSA) is 81.2 Å². The first-order valence-electron chi connectivity index (χ1n) is 6.74. The Morgan fingerprint density at radius 3 is 2.32 bits per heavy atom. The molecule has 7 nitrogen and oxygen atoms in total. The van der Waals surface area contributed by atoms with Crippen LogP contribution in [0.2, 0.25) is 0 Å². The van der Waals surface area contributed by atoms with E-state index in [1.165, 1.54) is 0 Å². The molecule has 1 aromatic heterocycles. The van der Waals surface area contributed by atoms with Crippen LogP contribution in [-0.2, 0) is 4.74 Å². The van der Waals surface area contributed by atoms with Crippen molar-refractivity contribution in [2.24, 2.45) is 0 Å². The van der Waals surface area contributed by atoms with Crippen molar-refractivity contribution >= 4 is 11.9 Å². The van der Waals surface area contributed by atoms with Crippen LogP contribution in [0.25, 0.3) is 0 Å². The normalized spacial score (nSPS) is 10.3. The first kappa shape index (κ1) is 15.4. The Labute approximate surface area is 114 Å². The third-order valence-electron chi connectivity index (χ3n) is 2.18. The van der Waals surface area contributed by atoms with Crippen LogP contribution < -0.4 is 15.4 Å². The van der Waals surface area contributed by atoms with Gasteiger partial charge in [0.05, 0.1) is 6.61 Å². The second-order valence-electron chi connectivity index (χ2n) is 3.71. The number of hydrogen-bond acceptors (Lipinski definition) is 7. The van der Waals surface area contributed by atoms with Gasteiger partial charge in [-0.05, 0) is 27.2 Å². The molecule has 0 fully saturated rings. The zero-order chi connectivity index (χ0) is 13.9. The molecule has 0 unspecified atom stereocenters. The average Bonchev–Trinajstić information content (AvgIpc) is 2.39. The number of ether oxygens (including phenoxy) is 2. The summed E-state index contributed by atoms with van der Waals surface area (Å²) in [5.74, 6) is 1.04. The van der Waals surface area contributed by atoms with E-state index in [0.29, 0.717) is 24.5 Å². The Bertz CT molecular complexity index is 338. The zero-order valence-corrected chi connectivity index (χ0v) is 11.9. The summed E-state index contributed by atoms with van der Waals surface area (Å²) < 4.78 is 10.6. The molecule has 0 saturated heterocycles. The summed E-state index contributed by atoms with van der Waals surface area (Å²) in [6.07, 6.45) is 0.903. The fourth-order valence-electron chi connectivity index (χ4n) is 1.39. The summed E-state index contributed by atoms with van der Waals surface area (Å²) in [6.45, 7) is 9.36. The third kappa shape index (κ3) is 6.19. The fourth-order valence-corrected chi connectivity index (χ4v) is 1.39. The molecule has 0 radical (unpaired) electrons. The molecule has 0 aliphatic carbocycles. The molecule has 1 rings (SSSR count). The molecule has 1 heterocycles. The second kappa shape index (κ2) is 9.32. The summed E-state index contributed by atoms with van der Waals surface area (Å²) in [7, 11) is 0. The van der Waals surface area contributed by atoms with E-state index in [4.69, 9.17) is 9.47 Å². The van der Waals surface area contributed by atoms with Crippen LogP contribution in [0.5, 0.6) is 6.01 Å². The van der Waals surface area contributed by atoms with Gasteiger partial charge in [-0.2, -0.15) is 15.0 Å². The van der Waals surface area contributed by atoms with Crippen molar-refractivity contribution in [1.82, 2.24) is 15.0 Å². The molecular weight excluding hydrogens is 246 g/mol. The maximum atomic E-state index is 5.31. The van der Waals surface area contributed by atoms with Crippen molar-refractivity contribution in [2.75, 3.05) is 43.5 Å². The SMILES string of the molecule is CCNc1nc(NCCCOCC)nc(OCC)n1. The lowest BCUT2D eigenvalue weighted by Crippen LogP contribution is -2.12. The standard InChI is InChI=1S/C12H23N5O2/c1-4-13-10-15-11(14-8-7-9-18-5-2)17-12(16-10)19-6-3/h4-9H2,1-3H3,(H2,13,14,15,16,17). The molecule has 1 aromatic rings. The highest BCUT2D eigenvalue weighted by Gasteiger charge is 2.06. The molecule has 7 heteroatoms. The lowest BCUT2D eigenvalue weighted by molar-refractivity contribution is 0.147. The molecule has 0 amide bonds. The average molecular weight is 269 g/mol. The Hall–Kier alpha value is -1.63. The quantitative estimate of drug-likeness (QED) is 0.623. The van der Waals surface area contributed by atoms with Gasteiger partial charge in [0.2, 0.25) is 11.9 Å². The summed E-state index contributed by atoms with van der Waals surface area (Å²) in [5, 5.41) is 6.19. The third-order valence-corrected chi connectivity index (χ3v) is 2.18. The second-order valence-corrected chi connectivity index (χ2v) is 3.71. The molecule has 19 heavy (non-hydrogen) atoms. The monoisotopic (exact) mass is 269 g/mol. The van der Waals surface area contributed by atoms with Crippen LogP contribution >= 0.6 is 0 Å². The Kier molecular flexibility index (Phi) is 7.57. The van der Waals surface area contributed by atoms with E-state index in [0.717, 1.165) is 32.7 Å². The largest absolute Gasteiger partial charge is 0.464 e. The van der Waals surface area contributed by atoms with E-state index in [-0.39, 0.29) is 0 Å². The number of nitrogens with zero attached hydrogens (tertiary/aromatic N) is 3. The van der Waals surface area contributed by atoms with Crippen LogP contribution in [0.3, 0.4) is 0 Å². The van der Waals surface area contributed by atoms with E-state index >= 15 is 0 Å². The van der Waals surface area contributed by atoms with E-state index in [1.807, 2.05) is 20.8 Å². The number of anilines is 2. The first-order chi connectivity index (χ1) is 9.30. The van der Waals surface area contributed by atoms with Gasteiger partial charge in [-0.25, -0.2) is 0 Å². The lowest BCUT2D eigenvalue weighted by Gasteiger charge is -2.09. The first-order valence-corrected chi connectivity index (χ1v) is 6.74. The van der Waals surface area contributed by atoms with Crippen LogP contribution in [-0.4, -0.2) is 47.9 Å². The molecule has 0 aliphatic rings. The van der Waals surface area contributed by atoms with Gasteiger partial charge in [0.15, 0.2) is 0 Å². The summed E-state index contributed by atoms with van der Waals surface area (Å²) in [4.78, 5) is 12.6. The Balaban J connectivity index is 2.54. The minimum atomic E-state index is 0.334. The smallest absolute Gasteiger partial charge is 0.323 e. The van der Waals surface area contributed by atoms with Gasteiger partial charge in [0, 0.05) is 26.3 Å². The van der Waals surface area contributed by atoms with E-state index in [9.17, 15) is 0 Å². The predicted molar refractivity (Wildman–Crippen MR) is 74.8 cm³/mol. The molecular formula is C12H23N5O2.